The first-order valence-electron chi connectivity index (χ1n) is 9.54. The van der Waals surface area contributed by atoms with Gasteiger partial charge in [0.25, 0.3) is 5.91 Å². The third-order valence-corrected chi connectivity index (χ3v) is 5.84. The average Bonchev–Trinajstić information content (AvgIpc) is 3.27. The van der Waals surface area contributed by atoms with E-state index in [-0.39, 0.29) is 5.91 Å². The van der Waals surface area contributed by atoms with Gasteiger partial charge in [-0.2, -0.15) is 0 Å². The Morgan fingerprint density at radius 1 is 1.14 bits per heavy atom. The van der Waals surface area contributed by atoms with Crippen molar-refractivity contribution < 1.29 is 14.3 Å². The number of hydrogen-bond donors (Lipinski definition) is 1. The first-order valence-corrected chi connectivity index (χ1v) is 10.4. The van der Waals surface area contributed by atoms with E-state index in [1.807, 2.05) is 63.4 Å². The number of thiophene rings is 1. The second kappa shape index (κ2) is 8.66. The zero-order valence-corrected chi connectivity index (χ0v) is 18.2. The first-order chi connectivity index (χ1) is 13.8. The Labute approximate surface area is 175 Å². The highest BCUT2D eigenvalue weighted by Gasteiger charge is 2.23. The van der Waals surface area contributed by atoms with Gasteiger partial charge in [0, 0.05) is 22.0 Å². The molecule has 1 aromatic carbocycles. The molecule has 29 heavy (non-hydrogen) atoms. The van der Waals surface area contributed by atoms with Crippen molar-refractivity contribution in [3.05, 3.63) is 74.7 Å². The molecule has 0 aliphatic carbocycles. The summed E-state index contributed by atoms with van der Waals surface area (Å²) in [6.45, 7) is 10.1. The van der Waals surface area contributed by atoms with Crippen LogP contribution >= 0.6 is 11.3 Å². The van der Waals surface area contributed by atoms with Gasteiger partial charge >= 0.3 is 5.97 Å². The van der Waals surface area contributed by atoms with Crippen molar-refractivity contribution in [3.8, 4) is 0 Å². The number of rotatable bonds is 6. The monoisotopic (exact) mass is 410 g/mol. The topological polar surface area (TPSA) is 60.3 Å². The number of nitrogens with zero attached hydrogens (tertiary/aromatic N) is 1. The maximum Gasteiger partial charge on any atom is 0.340 e. The lowest BCUT2D eigenvalue weighted by atomic mass is 10.1. The number of benzene rings is 1. The van der Waals surface area contributed by atoms with E-state index in [0.717, 1.165) is 28.2 Å². The number of hydrogen-bond acceptors (Lipinski definition) is 4. The van der Waals surface area contributed by atoms with E-state index in [4.69, 9.17) is 4.74 Å². The Morgan fingerprint density at radius 3 is 2.55 bits per heavy atom. The Kier molecular flexibility index (Phi) is 6.23. The molecule has 3 rings (SSSR count). The van der Waals surface area contributed by atoms with Crippen LogP contribution in [0, 0.1) is 27.7 Å². The molecule has 152 valence electrons. The van der Waals surface area contributed by atoms with Crippen LogP contribution in [0.2, 0.25) is 0 Å². The highest BCUT2D eigenvalue weighted by Crippen LogP contribution is 2.21. The summed E-state index contributed by atoms with van der Waals surface area (Å²) in [5.74, 6) is -0.837. The number of anilines is 1. The summed E-state index contributed by atoms with van der Waals surface area (Å²) in [6, 6.07) is 11.7. The fourth-order valence-corrected chi connectivity index (χ4v) is 3.97. The van der Waals surface area contributed by atoms with Crippen LogP contribution in [0.4, 0.5) is 5.69 Å². The minimum Gasteiger partial charge on any atom is -0.449 e. The van der Waals surface area contributed by atoms with E-state index in [1.54, 1.807) is 18.3 Å². The number of aromatic nitrogens is 1. The smallest absolute Gasteiger partial charge is 0.340 e. The molecule has 3 aromatic rings. The average molecular weight is 411 g/mol. The van der Waals surface area contributed by atoms with Crippen LogP contribution in [-0.4, -0.2) is 22.5 Å². The summed E-state index contributed by atoms with van der Waals surface area (Å²) in [4.78, 5) is 26.4. The fourth-order valence-electron chi connectivity index (χ4n) is 3.28. The fraction of sp³-hybridized carbons (Fsp3) is 0.304. The summed E-state index contributed by atoms with van der Waals surface area (Å²) in [6.07, 6.45) is -0.899. The molecule has 0 fully saturated rings. The van der Waals surface area contributed by atoms with Crippen molar-refractivity contribution in [2.75, 3.05) is 5.32 Å². The van der Waals surface area contributed by atoms with Crippen LogP contribution in [0.5, 0.6) is 0 Å². The molecule has 0 unspecified atom stereocenters. The van der Waals surface area contributed by atoms with Crippen molar-refractivity contribution in [1.82, 2.24) is 4.57 Å². The number of aryl methyl sites for hydroxylation is 3. The molecule has 0 radical (unpaired) electrons. The number of carbonyl (C=O) groups excluding carboxylic acids is 2. The van der Waals surface area contributed by atoms with Gasteiger partial charge in [-0.05, 0) is 63.8 Å². The number of ether oxygens (including phenoxy) is 1. The number of esters is 1. The molecule has 0 aliphatic heterocycles. The maximum atomic E-state index is 12.7. The molecule has 0 bridgehead atoms. The first kappa shape index (κ1) is 20.9. The Morgan fingerprint density at radius 2 is 1.90 bits per heavy atom. The van der Waals surface area contributed by atoms with E-state index in [1.165, 1.54) is 4.88 Å². The van der Waals surface area contributed by atoms with Crippen LogP contribution < -0.4 is 5.32 Å². The van der Waals surface area contributed by atoms with E-state index >= 15 is 0 Å². The largest absolute Gasteiger partial charge is 0.449 e. The van der Waals surface area contributed by atoms with Crippen LogP contribution in [0.3, 0.4) is 0 Å². The molecule has 5 nitrogen and oxygen atoms in total. The number of carbonyl (C=O) groups is 2. The normalized spacial score (nSPS) is 11.9. The molecule has 0 aliphatic rings. The van der Waals surface area contributed by atoms with Gasteiger partial charge in [-0.3, -0.25) is 4.79 Å². The maximum absolute atomic E-state index is 12.7. The standard InChI is InChI=1S/C23H26N2O3S/c1-14-8-9-21(15(2)11-14)24-22(26)18(5)28-23(27)20-12-16(3)25(17(20)4)13-19-7-6-10-29-19/h6-12,18H,13H2,1-5H3,(H,24,26)/t18-/m0/s1. The van der Waals surface area contributed by atoms with Crippen molar-refractivity contribution >= 4 is 28.9 Å². The molecule has 0 saturated carbocycles. The SMILES string of the molecule is Cc1ccc(NC(=O)[C@H](C)OC(=O)c2cc(C)n(Cc3cccs3)c2C)c(C)c1. The van der Waals surface area contributed by atoms with Gasteiger partial charge in [0.05, 0.1) is 12.1 Å². The highest BCUT2D eigenvalue weighted by atomic mass is 32.1. The van der Waals surface area contributed by atoms with Gasteiger partial charge in [-0.25, -0.2) is 4.79 Å². The van der Waals surface area contributed by atoms with Crippen LogP contribution in [0.15, 0.2) is 41.8 Å². The number of amides is 1. The lowest BCUT2D eigenvalue weighted by Crippen LogP contribution is -2.30. The molecule has 1 atom stereocenters. The lowest BCUT2D eigenvalue weighted by Gasteiger charge is -2.15. The Bertz CT molecular complexity index is 1030. The molecule has 0 saturated heterocycles. The predicted octanol–water partition coefficient (Wildman–Crippen LogP) is 5.02. The van der Waals surface area contributed by atoms with Crippen molar-refractivity contribution in [2.24, 2.45) is 0 Å². The second-order valence-electron chi connectivity index (χ2n) is 7.31. The van der Waals surface area contributed by atoms with Gasteiger partial charge in [0.2, 0.25) is 0 Å². The third kappa shape index (κ3) is 4.77. The van der Waals surface area contributed by atoms with E-state index in [2.05, 4.69) is 16.0 Å². The molecular weight excluding hydrogens is 384 g/mol. The van der Waals surface area contributed by atoms with Gasteiger partial charge in [-0.15, -0.1) is 11.3 Å². The van der Waals surface area contributed by atoms with Gasteiger partial charge in [0.15, 0.2) is 6.10 Å². The Hall–Kier alpha value is -2.86. The quantitative estimate of drug-likeness (QED) is 0.581. The molecule has 1 N–H and O–H groups in total. The highest BCUT2D eigenvalue weighted by molar-refractivity contribution is 7.09. The van der Waals surface area contributed by atoms with Crippen molar-refractivity contribution in [2.45, 2.75) is 47.3 Å². The van der Waals surface area contributed by atoms with Crippen LogP contribution in [-0.2, 0) is 16.1 Å². The summed E-state index contributed by atoms with van der Waals surface area (Å²) in [7, 11) is 0. The van der Waals surface area contributed by atoms with Gasteiger partial charge < -0.3 is 14.6 Å². The third-order valence-electron chi connectivity index (χ3n) is 4.98. The molecule has 1 amide bonds. The van der Waals surface area contributed by atoms with E-state index < -0.39 is 12.1 Å². The molecule has 0 spiro atoms. The summed E-state index contributed by atoms with van der Waals surface area (Å²) in [5.41, 5.74) is 5.12. The van der Waals surface area contributed by atoms with E-state index in [9.17, 15) is 9.59 Å². The molecule has 2 aromatic heterocycles. The van der Waals surface area contributed by atoms with Crippen LogP contribution in [0.1, 0.15) is 44.7 Å². The molecule has 2 heterocycles. The minimum absolute atomic E-state index is 0.349. The molecular formula is C23H26N2O3S. The minimum atomic E-state index is -0.899. The Balaban J connectivity index is 1.68. The van der Waals surface area contributed by atoms with Crippen molar-refractivity contribution in [3.63, 3.8) is 0 Å². The van der Waals surface area contributed by atoms with Crippen LogP contribution in [0.25, 0.3) is 0 Å². The van der Waals surface area contributed by atoms with Gasteiger partial charge in [0.1, 0.15) is 0 Å². The second-order valence-corrected chi connectivity index (χ2v) is 8.34. The van der Waals surface area contributed by atoms with E-state index in [0.29, 0.717) is 12.1 Å². The summed E-state index contributed by atoms with van der Waals surface area (Å²) < 4.78 is 7.54. The zero-order chi connectivity index (χ0) is 21.1. The van der Waals surface area contributed by atoms with Crippen molar-refractivity contribution in [1.29, 1.82) is 0 Å². The summed E-state index contributed by atoms with van der Waals surface area (Å²) in [5, 5.41) is 4.87. The van der Waals surface area contributed by atoms with Gasteiger partial charge in [-0.1, -0.05) is 23.8 Å². The zero-order valence-electron chi connectivity index (χ0n) is 17.4. The predicted molar refractivity (Wildman–Crippen MR) is 117 cm³/mol. The molecule has 6 heteroatoms. The summed E-state index contributed by atoms with van der Waals surface area (Å²) >= 11 is 1.68. The number of nitrogens with one attached hydrogen (secondary N) is 1. The lowest BCUT2D eigenvalue weighted by molar-refractivity contribution is -0.123.